The molecule has 3 amide bonds. The number of alkyl halides is 2. The lowest BCUT2D eigenvalue weighted by atomic mass is 9.88. The van der Waals surface area contributed by atoms with Gasteiger partial charge in [0.2, 0.25) is 0 Å². The lowest BCUT2D eigenvalue weighted by molar-refractivity contribution is 0.0996. The van der Waals surface area contributed by atoms with Crippen LogP contribution < -0.4 is 16.4 Å². The fourth-order valence-corrected chi connectivity index (χ4v) is 3.83. The van der Waals surface area contributed by atoms with Crippen molar-refractivity contribution >= 4 is 67.9 Å². The van der Waals surface area contributed by atoms with Gasteiger partial charge in [-0.25, -0.2) is 4.79 Å². The highest BCUT2D eigenvalue weighted by Crippen LogP contribution is 2.44. The number of hydrogen-bond donors (Lipinski definition) is 4. The number of carbonyl (C=O) groups excluding carboxylic acids is 2. The minimum atomic E-state index is -1.78. The maximum atomic E-state index is 12.4. The number of thiocarbonyl (C=S) groups is 1. The van der Waals surface area contributed by atoms with Crippen molar-refractivity contribution in [2.75, 3.05) is 5.32 Å². The quantitative estimate of drug-likeness (QED) is 0.381. The summed E-state index contributed by atoms with van der Waals surface area (Å²) in [5.41, 5.74) is 6.77. The second kappa shape index (κ2) is 8.11. The Morgan fingerprint density at radius 2 is 1.97 bits per heavy atom. The molecule has 2 unspecified atom stereocenters. The topological polar surface area (TPSA) is 118 Å². The normalized spacial score (nSPS) is 23.2. The predicted molar refractivity (Wildman–Crippen MR) is 118 cm³/mol. The van der Waals surface area contributed by atoms with Crippen LogP contribution >= 0.6 is 39.7 Å². The lowest BCUT2D eigenvalue weighted by Gasteiger charge is -2.38. The zero-order valence-corrected chi connectivity index (χ0v) is 17.8. The van der Waals surface area contributed by atoms with Gasteiger partial charge in [-0.3, -0.25) is 4.79 Å². The Balaban J connectivity index is 2.00. The minimum Gasteiger partial charge on any atom is -0.459 e. The van der Waals surface area contributed by atoms with Crippen LogP contribution in [-0.4, -0.2) is 31.4 Å². The second-order valence-corrected chi connectivity index (χ2v) is 8.33. The van der Waals surface area contributed by atoms with E-state index in [-0.39, 0.29) is 10.7 Å². The van der Waals surface area contributed by atoms with Crippen LogP contribution in [0.2, 0.25) is 0 Å². The molecule has 2 atom stereocenters. The summed E-state index contributed by atoms with van der Waals surface area (Å²) in [6.45, 7) is 0. The number of aliphatic hydroxyl groups is 1. The minimum absolute atomic E-state index is 0.154. The van der Waals surface area contributed by atoms with E-state index in [4.69, 9.17) is 34.0 Å². The number of allylic oxidation sites excluding steroid dienone is 2. The van der Waals surface area contributed by atoms with E-state index in [1.165, 1.54) is 18.4 Å². The molecule has 1 aliphatic rings. The smallest absolute Gasteiger partial charge is 0.317 e. The van der Waals surface area contributed by atoms with Crippen molar-refractivity contribution in [3.63, 3.8) is 0 Å². The van der Waals surface area contributed by atoms with Crippen molar-refractivity contribution in [3.8, 4) is 0 Å². The molecule has 0 fully saturated rings. The SMILES string of the molecule is NC(=O)NC(=S)C1(Cl)C=C(c2ccccc2NC(=O)c2ccco2)C=CC1(O)Br. The fourth-order valence-electron chi connectivity index (χ4n) is 2.72. The molecule has 3 rings (SSSR count). The van der Waals surface area contributed by atoms with Crippen molar-refractivity contribution in [2.24, 2.45) is 5.73 Å². The average molecular weight is 497 g/mol. The first-order valence-electron chi connectivity index (χ1n) is 8.21. The first-order valence-corrected chi connectivity index (χ1v) is 9.79. The summed E-state index contributed by atoms with van der Waals surface area (Å²) in [5, 5.41) is 15.7. The molecule has 1 heterocycles. The van der Waals surface area contributed by atoms with Crippen LogP contribution in [0.15, 0.2) is 65.3 Å². The molecule has 0 saturated heterocycles. The summed E-state index contributed by atoms with van der Waals surface area (Å²) >= 11 is 14.9. The van der Waals surface area contributed by atoms with Gasteiger partial charge in [0, 0.05) is 11.3 Å². The molecule has 0 spiro atoms. The highest BCUT2D eigenvalue weighted by Gasteiger charge is 2.50. The first kappa shape index (κ1) is 21.3. The van der Waals surface area contributed by atoms with E-state index < -0.39 is 21.3 Å². The maximum absolute atomic E-state index is 12.4. The third kappa shape index (κ3) is 4.27. The number of para-hydroxylation sites is 1. The maximum Gasteiger partial charge on any atom is 0.317 e. The van der Waals surface area contributed by atoms with Gasteiger partial charge < -0.3 is 25.9 Å². The van der Waals surface area contributed by atoms with Crippen molar-refractivity contribution in [1.82, 2.24) is 5.32 Å². The van der Waals surface area contributed by atoms with Gasteiger partial charge in [-0.15, -0.1) is 11.6 Å². The zero-order valence-electron chi connectivity index (χ0n) is 14.7. The summed E-state index contributed by atoms with van der Waals surface area (Å²) in [6, 6.07) is 9.23. The van der Waals surface area contributed by atoms with Crippen molar-refractivity contribution in [3.05, 3.63) is 72.2 Å². The average Bonchev–Trinajstić information content (AvgIpc) is 3.19. The number of benzene rings is 1. The van der Waals surface area contributed by atoms with Crippen LogP contribution in [0, 0.1) is 0 Å². The Kier molecular flexibility index (Phi) is 5.95. The van der Waals surface area contributed by atoms with Gasteiger partial charge in [0.15, 0.2) is 15.1 Å². The monoisotopic (exact) mass is 495 g/mol. The molecular weight excluding hydrogens is 482 g/mol. The molecule has 2 aromatic rings. The number of primary amides is 1. The molecule has 0 saturated carbocycles. The van der Waals surface area contributed by atoms with E-state index in [1.54, 1.807) is 42.5 Å². The molecule has 5 N–H and O–H groups in total. The van der Waals surface area contributed by atoms with E-state index >= 15 is 0 Å². The molecule has 10 heteroatoms. The van der Waals surface area contributed by atoms with Gasteiger partial charge in [0.1, 0.15) is 4.99 Å². The van der Waals surface area contributed by atoms with Gasteiger partial charge in [-0.2, -0.15) is 0 Å². The van der Waals surface area contributed by atoms with E-state index in [1.807, 2.05) is 0 Å². The van der Waals surface area contributed by atoms with Gasteiger partial charge in [0.25, 0.3) is 5.91 Å². The zero-order chi connectivity index (χ0) is 21.2. The molecular formula is C19H15BrClN3O4S. The molecule has 150 valence electrons. The highest BCUT2D eigenvalue weighted by atomic mass is 79.9. The Morgan fingerprint density at radius 3 is 2.62 bits per heavy atom. The van der Waals surface area contributed by atoms with E-state index in [0.29, 0.717) is 16.8 Å². The number of anilines is 1. The number of nitrogens with one attached hydrogen (secondary N) is 2. The number of carbonyl (C=O) groups is 2. The van der Waals surface area contributed by atoms with E-state index in [0.717, 1.165) is 0 Å². The van der Waals surface area contributed by atoms with Gasteiger partial charge in [-0.1, -0.05) is 36.5 Å². The van der Waals surface area contributed by atoms with Crippen LogP contribution in [0.25, 0.3) is 5.57 Å². The lowest BCUT2D eigenvalue weighted by Crippen LogP contribution is -2.56. The number of rotatable bonds is 4. The second-order valence-electron chi connectivity index (χ2n) is 6.11. The molecule has 7 nitrogen and oxygen atoms in total. The summed E-state index contributed by atoms with van der Waals surface area (Å²) in [7, 11) is 0. The Hall–Kier alpha value is -2.46. The van der Waals surface area contributed by atoms with Crippen molar-refractivity contribution in [1.29, 1.82) is 0 Å². The Labute approximate surface area is 184 Å². The summed E-state index contributed by atoms with van der Waals surface area (Å²) in [5.74, 6) is -0.274. The van der Waals surface area contributed by atoms with Crippen molar-refractivity contribution in [2.45, 2.75) is 9.38 Å². The van der Waals surface area contributed by atoms with Gasteiger partial charge in [-0.05, 0) is 51.9 Å². The van der Waals surface area contributed by atoms with E-state index in [9.17, 15) is 14.7 Å². The van der Waals surface area contributed by atoms with Crippen molar-refractivity contribution < 1.29 is 19.1 Å². The van der Waals surface area contributed by atoms with Crippen LogP contribution in [0.4, 0.5) is 10.5 Å². The number of urea groups is 1. The number of hydrogen-bond acceptors (Lipinski definition) is 5. The van der Waals surface area contributed by atoms with E-state index in [2.05, 4.69) is 26.6 Å². The molecule has 1 aromatic heterocycles. The first-order chi connectivity index (χ1) is 13.6. The third-order valence-electron chi connectivity index (χ3n) is 4.15. The molecule has 0 radical (unpaired) electrons. The van der Waals surface area contributed by atoms with Crippen LogP contribution in [0.3, 0.4) is 0 Å². The molecule has 0 aliphatic heterocycles. The molecule has 1 aliphatic carbocycles. The summed E-state index contributed by atoms with van der Waals surface area (Å²) < 4.78 is 3.33. The number of halogens is 2. The number of nitrogens with two attached hydrogens (primary N) is 1. The third-order valence-corrected chi connectivity index (χ3v) is 6.39. The molecule has 29 heavy (non-hydrogen) atoms. The van der Waals surface area contributed by atoms with Crippen LogP contribution in [-0.2, 0) is 0 Å². The Bertz CT molecular complexity index is 1040. The van der Waals surface area contributed by atoms with Gasteiger partial charge in [0.05, 0.1) is 6.26 Å². The molecule has 0 bridgehead atoms. The summed E-state index contributed by atoms with van der Waals surface area (Å²) in [4.78, 5) is 21.7. The highest BCUT2D eigenvalue weighted by molar-refractivity contribution is 9.10. The predicted octanol–water partition coefficient (Wildman–Crippen LogP) is 3.54. The van der Waals surface area contributed by atoms with Gasteiger partial charge >= 0.3 is 6.03 Å². The van der Waals surface area contributed by atoms with Crippen LogP contribution in [0.5, 0.6) is 0 Å². The largest absolute Gasteiger partial charge is 0.459 e. The number of furan rings is 1. The summed E-state index contributed by atoms with van der Waals surface area (Å²) in [6.07, 6.45) is 5.87. The fraction of sp³-hybridized carbons (Fsp3) is 0.105. The molecule has 1 aromatic carbocycles. The Morgan fingerprint density at radius 1 is 1.24 bits per heavy atom. The van der Waals surface area contributed by atoms with Crippen LogP contribution in [0.1, 0.15) is 16.1 Å². The standard InChI is InChI=1S/C19H15BrClN3O4S/c20-19(27)8-7-11(10-18(19,21)16(29)24-17(22)26)12-4-1-2-5-13(12)23-15(25)14-6-3-9-28-14/h1-10,27H,(H,23,25)(H3,22,24,26,29). The number of amides is 3.